The van der Waals surface area contributed by atoms with Crippen molar-refractivity contribution in [2.45, 2.75) is 54.4 Å². The molecule has 1 heterocycles. The van der Waals surface area contributed by atoms with Crippen LogP contribution in [0.4, 0.5) is 4.39 Å². The number of halogens is 1. The number of nitrogens with two attached hydrogens (primary N) is 1. The number of nitriles is 1. The molecule has 0 fully saturated rings. The maximum atomic E-state index is 13.7. The maximum Gasteiger partial charge on any atom is 0.107 e. The van der Waals surface area contributed by atoms with Gasteiger partial charge in [0.1, 0.15) is 11.5 Å². The van der Waals surface area contributed by atoms with E-state index in [1.165, 1.54) is 18.7 Å². The Morgan fingerprint density at radius 3 is 2.41 bits per heavy atom. The van der Waals surface area contributed by atoms with Crippen LogP contribution in [0, 0.1) is 11.3 Å². The number of nitrogens with one attached hydrogen (secondary N) is 1. The highest BCUT2D eigenvalue weighted by molar-refractivity contribution is 6.12. The second-order valence-electron chi connectivity index (χ2n) is 8.26. The van der Waals surface area contributed by atoms with E-state index in [4.69, 9.17) is 11.0 Å². The fourth-order valence-corrected chi connectivity index (χ4v) is 2.76. The van der Waals surface area contributed by atoms with Crippen molar-refractivity contribution in [2.75, 3.05) is 20.1 Å². The Labute approximate surface area is 224 Å². The van der Waals surface area contributed by atoms with Crippen LogP contribution < -0.4 is 11.1 Å². The van der Waals surface area contributed by atoms with Crippen molar-refractivity contribution >= 4 is 11.9 Å². The van der Waals surface area contributed by atoms with Crippen LogP contribution in [0.1, 0.15) is 54.4 Å². The van der Waals surface area contributed by atoms with E-state index in [-0.39, 0.29) is 5.83 Å². The summed E-state index contributed by atoms with van der Waals surface area (Å²) in [6.07, 6.45) is 13.9. The molecule has 0 saturated heterocycles. The van der Waals surface area contributed by atoms with Crippen molar-refractivity contribution in [3.05, 3.63) is 96.1 Å². The zero-order valence-electron chi connectivity index (χ0n) is 23.7. The molecule has 2 rings (SSSR count). The largest absolute Gasteiger partial charge is 0.403 e. The third-order valence-electron chi connectivity index (χ3n) is 4.38. The Morgan fingerprint density at radius 2 is 1.89 bits per heavy atom. The Morgan fingerprint density at radius 1 is 1.32 bits per heavy atom. The van der Waals surface area contributed by atoms with Crippen molar-refractivity contribution in [1.82, 2.24) is 10.2 Å². The van der Waals surface area contributed by atoms with E-state index in [0.717, 1.165) is 29.1 Å². The zero-order valence-corrected chi connectivity index (χ0v) is 23.7. The van der Waals surface area contributed by atoms with Crippen LogP contribution in [0.15, 0.2) is 106 Å². The minimum absolute atomic E-state index is 0.101. The Kier molecular flexibility index (Phi) is 20.4. The molecule has 0 amide bonds. The lowest BCUT2D eigenvalue weighted by molar-refractivity contribution is 0.587. The van der Waals surface area contributed by atoms with Crippen molar-refractivity contribution in [2.24, 2.45) is 15.7 Å². The lowest BCUT2D eigenvalue weighted by Gasteiger charge is -2.22. The smallest absolute Gasteiger partial charge is 0.107 e. The van der Waals surface area contributed by atoms with Gasteiger partial charge in [-0.3, -0.25) is 9.98 Å². The molecule has 0 aromatic rings. The summed E-state index contributed by atoms with van der Waals surface area (Å²) in [7, 11) is 1.89. The van der Waals surface area contributed by atoms with Crippen LogP contribution in [-0.4, -0.2) is 37.0 Å². The van der Waals surface area contributed by atoms with Gasteiger partial charge in [0.05, 0.1) is 29.7 Å². The molecular formula is C30H45FN6. The van der Waals surface area contributed by atoms with E-state index in [9.17, 15) is 4.39 Å². The predicted molar refractivity (Wildman–Crippen MR) is 160 cm³/mol. The minimum atomic E-state index is -0.101. The van der Waals surface area contributed by atoms with E-state index >= 15 is 0 Å². The van der Waals surface area contributed by atoms with Crippen LogP contribution in [0.2, 0.25) is 0 Å². The molecular weight excluding hydrogens is 463 g/mol. The van der Waals surface area contributed by atoms with Gasteiger partial charge in [-0.2, -0.15) is 5.26 Å². The monoisotopic (exact) mass is 508 g/mol. The second kappa shape index (κ2) is 21.4. The summed E-state index contributed by atoms with van der Waals surface area (Å²) in [5.74, 6) is -0.101. The van der Waals surface area contributed by atoms with Crippen LogP contribution in [0.25, 0.3) is 0 Å². The highest BCUT2D eigenvalue weighted by atomic mass is 19.1. The van der Waals surface area contributed by atoms with Gasteiger partial charge in [-0.05, 0) is 45.3 Å². The number of hydrogen-bond acceptors (Lipinski definition) is 6. The number of rotatable bonds is 7. The molecule has 0 bridgehead atoms. The average molecular weight is 509 g/mol. The fraction of sp³-hybridized carbons (Fsp3) is 0.367. The summed E-state index contributed by atoms with van der Waals surface area (Å²) in [5.41, 5.74) is 11.4. The Bertz CT molecular complexity index is 1010. The topological polar surface area (TPSA) is 89.8 Å². The number of nitrogens with zero attached hydrogens (tertiary/aromatic N) is 4. The van der Waals surface area contributed by atoms with Crippen molar-refractivity contribution in [3.63, 3.8) is 0 Å². The standard InChI is InChI=1S/C20H26FN5.2C4H8.C2H3N/c1-14-12-17(6-5-7-18(14)21)13-25-15(2)19-20(26(4)11-8-22)16(3)23-9-10-24-19;1-4(2)3;1-3-4-2;1-2-3/h5-6,8-9,11-12,25H,2,7,10,13,22H2,1,3-4H3;1H2,2-3H3;3H,1,4H2,2H3;1H3/b11-8+;;;. The molecule has 0 aromatic heterocycles. The number of allylic oxidation sites excluding steroid dienone is 7. The molecule has 0 spiro atoms. The minimum Gasteiger partial charge on any atom is -0.403 e. The summed E-state index contributed by atoms with van der Waals surface area (Å²) in [4.78, 5) is 10.9. The van der Waals surface area contributed by atoms with Crippen LogP contribution in [0.3, 0.4) is 0 Å². The summed E-state index contributed by atoms with van der Waals surface area (Å²) in [5, 5.41) is 10.6. The molecule has 0 atom stereocenters. The molecule has 0 unspecified atom stereocenters. The molecule has 202 valence electrons. The molecule has 3 N–H and O–H groups in total. The molecule has 0 aromatic carbocycles. The van der Waals surface area contributed by atoms with Gasteiger partial charge in [-0.15, -0.1) is 13.2 Å². The quantitative estimate of drug-likeness (QED) is 0.361. The lowest BCUT2D eigenvalue weighted by atomic mass is 10.1. The van der Waals surface area contributed by atoms with Gasteiger partial charge in [0, 0.05) is 45.6 Å². The SMILES string of the molecule is C=C(C)C.C=C(NCC1=CC(C)=C(F)CC=C1)C1=NCC=NC(C)=C1N(C)/C=C/N.C=CCC.CC#N. The first-order valence-corrected chi connectivity index (χ1v) is 12.1. The molecule has 1 aliphatic heterocycles. The Balaban J connectivity index is 0. The van der Waals surface area contributed by atoms with Crippen LogP contribution in [0.5, 0.6) is 0 Å². The van der Waals surface area contributed by atoms with E-state index in [2.05, 4.69) is 42.0 Å². The number of hydrogen-bond donors (Lipinski definition) is 2. The van der Waals surface area contributed by atoms with Crippen LogP contribution in [-0.2, 0) is 0 Å². The van der Waals surface area contributed by atoms with Gasteiger partial charge in [0.25, 0.3) is 0 Å². The van der Waals surface area contributed by atoms with E-state index in [0.29, 0.717) is 30.8 Å². The maximum absolute atomic E-state index is 13.7. The first kappa shape index (κ1) is 35.2. The van der Waals surface area contributed by atoms with Crippen molar-refractivity contribution in [3.8, 4) is 6.07 Å². The third kappa shape index (κ3) is 16.4. The van der Waals surface area contributed by atoms with Gasteiger partial charge < -0.3 is 16.0 Å². The average Bonchev–Trinajstić information content (AvgIpc) is 3.13. The van der Waals surface area contributed by atoms with Gasteiger partial charge in [0.15, 0.2) is 0 Å². The van der Waals surface area contributed by atoms with Gasteiger partial charge >= 0.3 is 0 Å². The number of aliphatic imine (C=N–C) groups is 2. The highest BCUT2D eigenvalue weighted by Crippen LogP contribution is 2.20. The van der Waals surface area contributed by atoms with Crippen molar-refractivity contribution < 1.29 is 4.39 Å². The normalized spacial score (nSPS) is 14.1. The van der Waals surface area contributed by atoms with E-state index < -0.39 is 0 Å². The lowest BCUT2D eigenvalue weighted by Crippen LogP contribution is -2.28. The predicted octanol–water partition coefficient (Wildman–Crippen LogP) is 7.03. The molecule has 1 aliphatic carbocycles. The summed E-state index contributed by atoms with van der Waals surface area (Å²) in [6, 6.07) is 1.75. The van der Waals surface area contributed by atoms with Gasteiger partial charge in [-0.1, -0.05) is 43.4 Å². The third-order valence-corrected chi connectivity index (χ3v) is 4.38. The van der Waals surface area contributed by atoms with Gasteiger partial charge in [-0.25, -0.2) is 4.39 Å². The van der Waals surface area contributed by atoms with E-state index in [1.807, 2.05) is 57.0 Å². The fourth-order valence-electron chi connectivity index (χ4n) is 2.76. The highest BCUT2D eigenvalue weighted by Gasteiger charge is 2.18. The first-order valence-electron chi connectivity index (χ1n) is 12.1. The molecule has 6 nitrogen and oxygen atoms in total. The molecule has 37 heavy (non-hydrogen) atoms. The van der Waals surface area contributed by atoms with Crippen molar-refractivity contribution in [1.29, 1.82) is 5.26 Å². The van der Waals surface area contributed by atoms with Crippen LogP contribution >= 0.6 is 0 Å². The zero-order chi connectivity index (χ0) is 28.8. The van der Waals surface area contributed by atoms with Gasteiger partial charge in [0.2, 0.25) is 0 Å². The molecule has 7 heteroatoms. The first-order chi connectivity index (χ1) is 17.5. The Hall–Kier alpha value is -3.92. The molecule has 2 aliphatic rings. The molecule has 0 saturated carbocycles. The summed E-state index contributed by atoms with van der Waals surface area (Å²) < 4.78 is 13.7. The summed E-state index contributed by atoms with van der Waals surface area (Å²) in [6.45, 7) is 23.3. The van der Waals surface area contributed by atoms with E-state index in [1.54, 1.807) is 25.4 Å². The molecule has 0 radical (unpaired) electrons. The second-order valence-corrected chi connectivity index (χ2v) is 8.26. The summed E-state index contributed by atoms with van der Waals surface area (Å²) >= 11 is 0.